The molecule has 6 aromatic carbocycles. The molecule has 0 saturated heterocycles. The first kappa shape index (κ1) is 53.5. The van der Waals surface area contributed by atoms with Crippen molar-refractivity contribution in [2.75, 3.05) is 0 Å². The van der Waals surface area contributed by atoms with E-state index in [0.29, 0.717) is 23.7 Å². The Kier molecular flexibility index (Phi) is 18.2. The van der Waals surface area contributed by atoms with Crippen LogP contribution in [0.1, 0.15) is 206 Å². The summed E-state index contributed by atoms with van der Waals surface area (Å²) in [6.07, 6.45) is 24.2. The third kappa shape index (κ3) is 11.1. The van der Waals surface area contributed by atoms with Crippen LogP contribution in [-0.4, -0.2) is 0 Å². The average molecular weight is 967 g/mol. The second kappa shape index (κ2) is 24.5. The Morgan fingerprint density at radius 3 is 0.750 bits per heavy atom. The molecule has 0 aromatic heterocycles. The van der Waals surface area contributed by atoms with E-state index >= 15 is 0 Å². The van der Waals surface area contributed by atoms with Crippen LogP contribution in [0.2, 0.25) is 0 Å². The minimum Gasteiger partial charge on any atom is -0.207 e. The third-order valence-electron chi connectivity index (χ3n) is 18.1. The summed E-state index contributed by atoms with van der Waals surface area (Å²) in [6.45, 7) is 19.1. The van der Waals surface area contributed by atoms with Crippen molar-refractivity contribution in [1.29, 1.82) is 0 Å². The molecular weight excluding hydrogens is 879 g/mol. The van der Waals surface area contributed by atoms with Gasteiger partial charge < -0.3 is 0 Å². The van der Waals surface area contributed by atoms with Crippen LogP contribution in [0.4, 0.5) is 8.78 Å². The van der Waals surface area contributed by atoms with Crippen LogP contribution >= 0.6 is 0 Å². The Bertz CT molecular complexity index is 2460. The molecule has 382 valence electrons. The standard InChI is InChI=1S/C70H88F2/c1-9-17-21-49(13-5)45-69(46-50(14-6)22-18-10-2)65-41-55(53-25-33-59(71)34-26-53)29-37-61(65)63-39-31-57(43-67(63)69)58-32-40-64-62-38-30-56(54-27-35-60(72)36-28-54)42-66(62)70(68(64)44-58,47-51(15-7)23-19-11-3)48-52(16-8)24-20-12-4/h25-44,49-52H,9-24,45-48H2,1-8H3. The highest BCUT2D eigenvalue weighted by molar-refractivity contribution is 5.89. The third-order valence-corrected chi connectivity index (χ3v) is 18.1. The van der Waals surface area contributed by atoms with Gasteiger partial charge in [-0.25, -0.2) is 8.78 Å². The number of halogens is 2. The normalized spacial score (nSPS) is 18.3. The first-order valence-electron chi connectivity index (χ1n) is 29.2. The van der Waals surface area contributed by atoms with E-state index in [9.17, 15) is 8.78 Å². The van der Waals surface area contributed by atoms with E-state index in [0.717, 1.165) is 36.8 Å². The zero-order chi connectivity index (χ0) is 50.8. The van der Waals surface area contributed by atoms with E-state index in [4.69, 9.17) is 0 Å². The Morgan fingerprint density at radius 2 is 0.528 bits per heavy atom. The number of hydrogen-bond donors (Lipinski definition) is 0. The van der Waals surface area contributed by atoms with Crippen molar-refractivity contribution in [3.63, 3.8) is 0 Å². The molecule has 0 heterocycles. The summed E-state index contributed by atoms with van der Waals surface area (Å²) in [5, 5.41) is 0. The van der Waals surface area contributed by atoms with E-state index in [1.807, 2.05) is 24.3 Å². The van der Waals surface area contributed by atoms with Crippen molar-refractivity contribution in [3.05, 3.63) is 155 Å². The number of fused-ring (bicyclic) bond motifs is 6. The van der Waals surface area contributed by atoms with Crippen LogP contribution < -0.4 is 0 Å². The van der Waals surface area contributed by atoms with Gasteiger partial charge in [-0.3, -0.25) is 0 Å². The van der Waals surface area contributed by atoms with Crippen LogP contribution in [0.15, 0.2) is 121 Å². The maximum atomic E-state index is 14.4. The summed E-state index contributed by atoms with van der Waals surface area (Å²) in [5.74, 6) is 2.07. The van der Waals surface area contributed by atoms with Gasteiger partial charge in [-0.1, -0.05) is 231 Å². The Labute approximate surface area is 435 Å². The van der Waals surface area contributed by atoms with E-state index < -0.39 is 0 Å². The largest absolute Gasteiger partial charge is 0.207 e. The fourth-order valence-electron chi connectivity index (χ4n) is 13.8. The van der Waals surface area contributed by atoms with Crippen molar-refractivity contribution in [3.8, 4) is 55.6 Å². The lowest BCUT2D eigenvalue weighted by atomic mass is 9.64. The quantitative estimate of drug-likeness (QED) is 0.0483. The van der Waals surface area contributed by atoms with E-state index in [1.165, 1.54) is 169 Å². The van der Waals surface area contributed by atoms with Crippen LogP contribution in [0, 0.1) is 35.3 Å². The van der Waals surface area contributed by atoms with Gasteiger partial charge >= 0.3 is 0 Å². The summed E-state index contributed by atoms with van der Waals surface area (Å²) in [7, 11) is 0. The molecule has 4 unspecified atom stereocenters. The van der Waals surface area contributed by atoms with Gasteiger partial charge in [0.1, 0.15) is 11.6 Å². The van der Waals surface area contributed by atoms with Crippen LogP contribution in [0.25, 0.3) is 55.6 Å². The SMILES string of the molecule is CCCCC(CC)CC1(CC(CC)CCCC)c2cc(-c3ccc(F)cc3)ccc2-c2ccc(-c3ccc4c(c3)C(CC(CC)CCCC)(CC(CC)CCCC)c3cc(-c5ccc(F)cc5)ccc3-4)cc21. The first-order chi connectivity index (χ1) is 35.1. The Balaban J connectivity index is 1.34. The second-order valence-corrected chi connectivity index (χ2v) is 22.7. The summed E-state index contributed by atoms with van der Waals surface area (Å²) >= 11 is 0. The minimum absolute atomic E-state index is 0.145. The highest BCUT2D eigenvalue weighted by Crippen LogP contribution is 2.60. The smallest absolute Gasteiger partial charge is 0.123 e. The lowest BCUT2D eigenvalue weighted by Crippen LogP contribution is -2.32. The van der Waals surface area contributed by atoms with E-state index in [1.54, 1.807) is 24.3 Å². The monoisotopic (exact) mass is 967 g/mol. The van der Waals surface area contributed by atoms with Gasteiger partial charge in [0.25, 0.3) is 0 Å². The van der Waals surface area contributed by atoms with Crippen molar-refractivity contribution in [2.24, 2.45) is 23.7 Å². The molecule has 2 heteroatoms. The Hall–Kier alpha value is -4.82. The van der Waals surface area contributed by atoms with Crippen LogP contribution in [0.5, 0.6) is 0 Å². The topological polar surface area (TPSA) is 0 Å². The number of unbranched alkanes of at least 4 members (excludes halogenated alkanes) is 4. The van der Waals surface area contributed by atoms with Crippen molar-refractivity contribution in [2.45, 2.75) is 195 Å². The van der Waals surface area contributed by atoms with Crippen molar-refractivity contribution < 1.29 is 8.78 Å². The van der Waals surface area contributed by atoms with Crippen LogP contribution in [0.3, 0.4) is 0 Å². The fraction of sp³-hybridized carbons (Fsp3) is 0.486. The predicted octanol–water partition coefficient (Wildman–Crippen LogP) is 21.9. The van der Waals surface area contributed by atoms with Gasteiger partial charge in [-0.15, -0.1) is 0 Å². The molecule has 0 N–H and O–H groups in total. The molecule has 0 amide bonds. The molecule has 0 bridgehead atoms. The predicted molar refractivity (Wildman–Crippen MR) is 307 cm³/mol. The number of benzene rings is 6. The molecule has 0 nitrogen and oxygen atoms in total. The second-order valence-electron chi connectivity index (χ2n) is 22.7. The van der Waals surface area contributed by atoms with Crippen LogP contribution in [-0.2, 0) is 10.8 Å². The molecule has 2 aliphatic rings. The van der Waals surface area contributed by atoms with Crippen molar-refractivity contribution >= 4 is 0 Å². The molecular formula is C70H88F2. The maximum absolute atomic E-state index is 14.4. The molecule has 6 aromatic rings. The molecule has 0 spiro atoms. The molecule has 0 radical (unpaired) electrons. The zero-order valence-electron chi connectivity index (χ0n) is 45.8. The number of hydrogen-bond acceptors (Lipinski definition) is 0. The molecule has 0 aliphatic heterocycles. The molecule has 0 saturated carbocycles. The average Bonchev–Trinajstić information content (AvgIpc) is 3.83. The fourth-order valence-corrected chi connectivity index (χ4v) is 13.8. The van der Waals surface area contributed by atoms with Gasteiger partial charge in [0.05, 0.1) is 0 Å². The summed E-state index contributed by atoms with van der Waals surface area (Å²) in [6, 6.07) is 43.9. The summed E-state index contributed by atoms with van der Waals surface area (Å²) in [5.41, 5.74) is 18.4. The zero-order valence-corrected chi connectivity index (χ0v) is 45.8. The van der Waals surface area contributed by atoms with E-state index in [-0.39, 0.29) is 22.5 Å². The first-order valence-corrected chi connectivity index (χ1v) is 29.2. The van der Waals surface area contributed by atoms with E-state index in [2.05, 4.69) is 128 Å². The van der Waals surface area contributed by atoms with Crippen molar-refractivity contribution in [1.82, 2.24) is 0 Å². The minimum atomic E-state index is -0.191. The van der Waals surface area contributed by atoms with Gasteiger partial charge in [0.2, 0.25) is 0 Å². The molecule has 8 rings (SSSR count). The molecule has 2 aliphatic carbocycles. The lowest BCUT2D eigenvalue weighted by molar-refractivity contribution is 0.266. The lowest BCUT2D eigenvalue weighted by Gasteiger charge is -2.39. The molecule has 0 fully saturated rings. The summed E-state index contributed by atoms with van der Waals surface area (Å²) < 4.78 is 28.7. The Morgan fingerprint density at radius 1 is 0.306 bits per heavy atom. The highest BCUT2D eigenvalue weighted by atomic mass is 19.1. The summed E-state index contributed by atoms with van der Waals surface area (Å²) in [4.78, 5) is 0. The van der Waals surface area contributed by atoms with Gasteiger partial charge in [0, 0.05) is 10.8 Å². The highest BCUT2D eigenvalue weighted by Gasteiger charge is 2.47. The molecule has 72 heavy (non-hydrogen) atoms. The molecule has 4 atom stereocenters. The van der Waals surface area contributed by atoms with Gasteiger partial charge in [-0.2, -0.15) is 0 Å². The van der Waals surface area contributed by atoms with Gasteiger partial charge in [0.15, 0.2) is 0 Å². The maximum Gasteiger partial charge on any atom is 0.123 e. The number of rotatable bonds is 27. The van der Waals surface area contributed by atoms with Gasteiger partial charge in [-0.05, 0) is 176 Å².